The molecule has 24 heavy (non-hydrogen) atoms. The summed E-state index contributed by atoms with van der Waals surface area (Å²) in [5.41, 5.74) is 1.11. The quantitative estimate of drug-likeness (QED) is 0.824. The van der Waals surface area contributed by atoms with Crippen LogP contribution in [-0.4, -0.2) is 61.8 Å². The fraction of sp³-hybridized carbons (Fsp3) is 0.529. The standard InChI is InChI=1S/C17H25N5OS/c1-21(2)15(16-4-3-9-24-16)13-18-10-14-11-19-17(20-12-14)22-5-7-23-8-6-22/h3-4,9,11-12,15,18H,5-8,10,13H2,1-2H3/t15-/m0/s1. The highest BCUT2D eigenvalue weighted by Crippen LogP contribution is 2.22. The van der Waals surface area contributed by atoms with Crippen molar-refractivity contribution in [3.8, 4) is 0 Å². The van der Waals surface area contributed by atoms with Crippen molar-refractivity contribution < 1.29 is 4.74 Å². The Morgan fingerprint density at radius 2 is 2.04 bits per heavy atom. The van der Waals surface area contributed by atoms with Crippen molar-refractivity contribution >= 4 is 17.3 Å². The molecule has 1 fully saturated rings. The molecule has 0 aliphatic carbocycles. The molecule has 0 radical (unpaired) electrons. The average molecular weight is 347 g/mol. The van der Waals surface area contributed by atoms with Gasteiger partial charge in [0.1, 0.15) is 0 Å². The number of morpholine rings is 1. The molecule has 0 aromatic carbocycles. The first-order chi connectivity index (χ1) is 11.7. The minimum absolute atomic E-state index is 0.388. The van der Waals surface area contributed by atoms with Crippen LogP contribution in [0.25, 0.3) is 0 Å². The maximum atomic E-state index is 5.36. The summed E-state index contributed by atoms with van der Waals surface area (Å²) in [5, 5.41) is 5.65. The lowest BCUT2D eigenvalue weighted by molar-refractivity contribution is 0.122. The van der Waals surface area contributed by atoms with Crippen molar-refractivity contribution in [1.82, 2.24) is 20.2 Å². The lowest BCUT2D eigenvalue weighted by atomic mass is 10.2. The van der Waals surface area contributed by atoms with E-state index in [9.17, 15) is 0 Å². The first-order valence-corrected chi connectivity index (χ1v) is 9.16. The number of thiophene rings is 1. The summed E-state index contributed by atoms with van der Waals surface area (Å²) in [6, 6.07) is 4.69. The number of hydrogen-bond donors (Lipinski definition) is 1. The van der Waals surface area contributed by atoms with Crippen molar-refractivity contribution in [2.24, 2.45) is 0 Å². The predicted molar refractivity (Wildman–Crippen MR) is 97.5 cm³/mol. The molecule has 1 aliphatic heterocycles. The van der Waals surface area contributed by atoms with E-state index in [2.05, 4.69) is 56.7 Å². The van der Waals surface area contributed by atoms with Gasteiger partial charge in [0.05, 0.1) is 19.3 Å². The second kappa shape index (κ2) is 8.53. The van der Waals surface area contributed by atoms with E-state index in [0.717, 1.165) is 50.9 Å². The van der Waals surface area contributed by atoms with Gasteiger partial charge >= 0.3 is 0 Å². The van der Waals surface area contributed by atoms with E-state index in [1.165, 1.54) is 4.88 Å². The van der Waals surface area contributed by atoms with Crippen molar-refractivity contribution in [3.63, 3.8) is 0 Å². The van der Waals surface area contributed by atoms with E-state index in [1.807, 2.05) is 12.4 Å². The van der Waals surface area contributed by atoms with Crippen molar-refractivity contribution in [1.29, 1.82) is 0 Å². The third-order valence-electron chi connectivity index (χ3n) is 4.15. The molecule has 1 saturated heterocycles. The van der Waals surface area contributed by atoms with Crippen LogP contribution >= 0.6 is 11.3 Å². The summed E-state index contributed by atoms with van der Waals surface area (Å²) >= 11 is 1.80. The maximum Gasteiger partial charge on any atom is 0.225 e. The van der Waals surface area contributed by atoms with Crippen LogP contribution in [0.4, 0.5) is 5.95 Å². The zero-order valence-corrected chi connectivity index (χ0v) is 15.1. The summed E-state index contributed by atoms with van der Waals surface area (Å²) in [6.07, 6.45) is 3.83. The highest BCUT2D eigenvalue weighted by atomic mass is 32.1. The molecule has 0 amide bonds. The molecule has 1 atom stereocenters. The Labute approximate surface area is 147 Å². The molecule has 1 aliphatic rings. The first kappa shape index (κ1) is 17.3. The Kier molecular flexibility index (Phi) is 6.14. The number of rotatable bonds is 7. The molecule has 6 nitrogen and oxygen atoms in total. The van der Waals surface area contributed by atoms with Crippen LogP contribution in [0.2, 0.25) is 0 Å². The highest BCUT2D eigenvalue weighted by Gasteiger charge is 2.15. The lowest BCUT2D eigenvalue weighted by Crippen LogP contribution is -2.37. The number of anilines is 1. The fourth-order valence-corrected chi connectivity index (χ4v) is 3.66. The molecule has 2 aromatic rings. The van der Waals surface area contributed by atoms with Gasteiger partial charge in [-0.1, -0.05) is 6.07 Å². The molecule has 3 rings (SSSR count). The van der Waals surface area contributed by atoms with E-state index in [1.54, 1.807) is 11.3 Å². The summed E-state index contributed by atoms with van der Waals surface area (Å²) in [7, 11) is 4.23. The molecule has 7 heteroatoms. The lowest BCUT2D eigenvalue weighted by Gasteiger charge is -2.26. The molecular formula is C17H25N5OS. The van der Waals surface area contributed by atoms with E-state index >= 15 is 0 Å². The minimum Gasteiger partial charge on any atom is -0.378 e. The van der Waals surface area contributed by atoms with Crippen molar-refractivity contribution in [3.05, 3.63) is 40.3 Å². The number of hydrogen-bond acceptors (Lipinski definition) is 7. The van der Waals surface area contributed by atoms with Crippen LogP contribution < -0.4 is 10.2 Å². The van der Waals surface area contributed by atoms with Crippen molar-refractivity contribution in [2.45, 2.75) is 12.6 Å². The van der Waals surface area contributed by atoms with Gasteiger partial charge in [-0.15, -0.1) is 11.3 Å². The van der Waals surface area contributed by atoms with Gasteiger partial charge in [-0.05, 0) is 25.5 Å². The zero-order valence-electron chi connectivity index (χ0n) is 14.3. The monoisotopic (exact) mass is 347 g/mol. The van der Waals surface area contributed by atoms with Gasteiger partial charge in [0.25, 0.3) is 0 Å². The number of likely N-dealkylation sites (N-methyl/N-ethyl adjacent to an activating group) is 1. The highest BCUT2D eigenvalue weighted by molar-refractivity contribution is 7.10. The van der Waals surface area contributed by atoms with Crippen LogP contribution in [-0.2, 0) is 11.3 Å². The number of nitrogens with one attached hydrogen (secondary N) is 1. The van der Waals surface area contributed by atoms with Crippen LogP contribution in [0, 0.1) is 0 Å². The molecule has 130 valence electrons. The summed E-state index contributed by atoms with van der Waals surface area (Å²) < 4.78 is 5.36. The third kappa shape index (κ3) is 4.51. The van der Waals surface area contributed by atoms with Gasteiger partial charge < -0.3 is 19.9 Å². The SMILES string of the molecule is CN(C)[C@@H](CNCc1cnc(N2CCOCC2)nc1)c1cccs1. The average Bonchev–Trinajstić information content (AvgIpc) is 3.14. The van der Waals surface area contributed by atoms with Gasteiger partial charge in [0.2, 0.25) is 5.95 Å². The number of ether oxygens (including phenoxy) is 1. The number of aromatic nitrogens is 2. The van der Waals surface area contributed by atoms with Gasteiger partial charge in [0, 0.05) is 49.0 Å². The smallest absolute Gasteiger partial charge is 0.225 e. The van der Waals surface area contributed by atoms with E-state index in [0.29, 0.717) is 6.04 Å². The van der Waals surface area contributed by atoms with Gasteiger partial charge in [-0.3, -0.25) is 0 Å². The minimum atomic E-state index is 0.388. The Hall–Kier alpha value is -1.54. The third-order valence-corrected chi connectivity index (χ3v) is 5.12. The van der Waals surface area contributed by atoms with Crippen LogP contribution in [0.1, 0.15) is 16.5 Å². The molecule has 1 N–H and O–H groups in total. The van der Waals surface area contributed by atoms with Crippen LogP contribution in [0.15, 0.2) is 29.9 Å². The van der Waals surface area contributed by atoms with Crippen LogP contribution in [0.3, 0.4) is 0 Å². The molecule has 2 aromatic heterocycles. The van der Waals surface area contributed by atoms with Gasteiger partial charge in [-0.2, -0.15) is 0 Å². The van der Waals surface area contributed by atoms with Gasteiger partial charge in [-0.25, -0.2) is 9.97 Å². The normalized spacial score (nSPS) is 16.5. The second-order valence-electron chi connectivity index (χ2n) is 6.12. The first-order valence-electron chi connectivity index (χ1n) is 8.28. The Balaban J connectivity index is 1.51. The molecular weight excluding hydrogens is 322 g/mol. The molecule has 0 bridgehead atoms. The zero-order chi connectivity index (χ0) is 16.8. The number of nitrogens with zero attached hydrogens (tertiary/aromatic N) is 4. The van der Waals surface area contributed by atoms with Crippen LogP contribution in [0.5, 0.6) is 0 Å². The molecule has 0 spiro atoms. The Morgan fingerprint density at radius 3 is 2.67 bits per heavy atom. The Bertz CT molecular complexity index is 596. The van der Waals surface area contributed by atoms with E-state index < -0.39 is 0 Å². The predicted octanol–water partition coefficient (Wildman–Crippen LogP) is 1.77. The summed E-state index contributed by atoms with van der Waals surface area (Å²) in [5.74, 6) is 0.798. The van der Waals surface area contributed by atoms with Crippen molar-refractivity contribution in [2.75, 3.05) is 51.8 Å². The maximum absolute atomic E-state index is 5.36. The summed E-state index contributed by atoms with van der Waals surface area (Å²) in [4.78, 5) is 14.8. The fourth-order valence-electron chi connectivity index (χ4n) is 2.74. The van der Waals surface area contributed by atoms with Gasteiger partial charge in [0.15, 0.2) is 0 Å². The second-order valence-corrected chi connectivity index (χ2v) is 7.10. The Morgan fingerprint density at radius 1 is 1.29 bits per heavy atom. The summed E-state index contributed by atoms with van der Waals surface area (Å²) in [6.45, 7) is 4.91. The molecule has 0 saturated carbocycles. The largest absolute Gasteiger partial charge is 0.378 e. The van der Waals surface area contributed by atoms with E-state index in [4.69, 9.17) is 4.74 Å². The molecule has 3 heterocycles. The van der Waals surface area contributed by atoms with E-state index in [-0.39, 0.29) is 0 Å². The molecule has 0 unspecified atom stereocenters. The topological polar surface area (TPSA) is 53.5 Å².